The first-order valence-electron chi connectivity index (χ1n) is 6.47. The van der Waals surface area contributed by atoms with Crippen LogP contribution in [0.15, 0.2) is 10.9 Å². The Morgan fingerprint density at radius 1 is 1.38 bits per heavy atom. The first kappa shape index (κ1) is 15.2. The van der Waals surface area contributed by atoms with Crippen molar-refractivity contribution < 1.29 is 9.59 Å². The fraction of sp³-hybridized carbons (Fsp3) is 0.385. The summed E-state index contributed by atoms with van der Waals surface area (Å²) in [5, 5.41) is 0.523. The van der Waals surface area contributed by atoms with Gasteiger partial charge in [-0.3, -0.25) is 29.8 Å². The molecule has 2 aromatic heterocycles. The van der Waals surface area contributed by atoms with Crippen LogP contribution in [0.5, 0.6) is 0 Å². The lowest BCUT2D eigenvalue weighted by Crippen LogP contribution is -2.43. The number of thiophene rings is 1. The highest BCUT2D eigenvalue weighted by Crippen LogP contribution is 2.21. The highest BCUT2D eigenvalue weighted by Gasteiger charge is 2.13. The summed E-state index contributed by atoms with van der Waals surface area (Å²) in [6, 6.07) is 1.82. The first-order chi connectivity index (χ1) is 9.92. The molecule has 0 aromatic carbocycles. The maximum absolute atomic E-state index is 12.4. The maximum Gasteiger partial charge on any atom is 0.262 e. The van der Waals surface area contributed by atoms with Gasteiger partial charge in [0.1, 0.15) is 17.2 Å². The normalized spacial score (nSPS) is 10.6. The number of fused-ring (bicyclic) bond motifs is 1. The Hall–Kier alpha value is -2.22. The third-order valence-corrected chi connectivity index (χ3v) is 4.09. The number of aromatic nitrogens is 2. The molecule has 7 nitrogen and oxygen atoms in total. The van der Waals surface area contributed by atoms with Crippen LogP contribution < -0.4 is 16.4 Å². The third-order valence-electron chi connectivity index (χ3n) is 2.92. The Morgan fingerprint density at radius 2 is 2.10 bits per heavy atom. The Bertz CT molecular complexity index is 763. The van der Waals surface area contributed by atoms with Gasteiger partial charge in [0.05, 0.1) is 5.39 Å². The van der Waals surface area contributed by atoms with E-state index in [4.69, 9.17) is 0 Å². The lowest BCUT2D eigenvalue weighted by molar-refractivity contribution is -0.128. The molecular formula is C13H16N4O3S. The molecule has 0 radical (unpaired) electrons. The molecule has 2 N–H and O–H groups in total. The zero-order chi connectivity index (χ0) is 15.6. The monoisotopic (exact) mass is 308 g/mol. The van der Waals surface area contributed by atoms with E-state index in [2.05, 4.69) is 15.8 Å². The predicted molar refractivity (Wildman–Crippen MR) is 80.0 cm³/mol. The van der Waals surface area contributed by atoms with Crippen molar-refractivity contribution in [3.63, 3.8) is 0 Å². The Balaban J connectivity index is 2.33. The van der Waals surface area contributed by atoms with Crippen LogP contribution >= 0.6 is 11.3 Å². The van der Waals surface area contributed by atoms with Crippen LogP contribution in [-0.2, 0) is 22.6 Å². The minimum atomic E-state index is -0.484. The van der Waals surface area contributed by atoms with Gasteiger partial charge in [-0.15, -0.1) is 11.3 Å². The van der Waals surface area contributed by atoms with E-state index in [1.807, 2.05) is 13.0 Å². The SMILES string of the molecule is CCc1cc2c(=O)n(CC(=O)NNC(C)=O)c(C)nc2s1. The van der Waals surface area contributed by atoms with Crippen molar-refractivity contribution in [1.82, 2.24) is 20.4 Å². The minimum Gasteiger partial charge on any atom is -0.287 e. The van der Waals surface area contributed by atoms with Crippen molar-refractivity contribution in [1.29, 1.82) is 0 Å². The number of hydrogen-bond acceptors (Lipinski definition) is 5. The van der Waals surface area contributed by atoms with Crippen LogP contribution in [0.1, 0.15) is 24.5 Å². The van der Waals surface area contributed by atoms with Crippen LogP contribution in [0.3, 0.4) is 0 Å². The van der Waals surface area contributed by atoms with E-state index < -0.39 is 5.91 Å². The Kier molecular flexibility index (Phi) is 4.37. The second-order valence-corrected chi connectivity index (χ2v) is 5.68. The van der Waals surface area contributed by atoms with Gasteiger partial charge in [0.25, 0.3) is 11.5 Å². The van der Waals surface area contributed by atoms with Gasteiger partial charge in [-0.05, 0) is 19.4 Å². The van der Waals surface area contributed by atoms with E-state index in [0.717, 1.165) is 11.3 Å². The standard InChI is InChI=1S/C13H16N4O3S/c1-4-9-5-10-12(21-9)14-7(2)17(13(10)20)6-11(19)16-15-8(3)18/h5H,4,6H2,1-3H3,(H,15,18)(H,16,19). The van der Waals surface area contributed by atoms with Gasteiger partial charge in [-0.2, -0.15) is 0 Å². The molecule has 2 amide bonds. The quantitative estimate of drug-likeness (QED) is 0.807. The fourth-order valence-electron chi connectivity index (χ4n) is 1.87. The molecule has 2 aromatic rings. The average Bonchev–Trinajstić information content (AvgIpc) is 2.84. The molecule has 0 saturated heterocycles. The summed E-state index contributed by atoms with van der Waals surface area (Å²) in [7, 11) is 0. The molecule has 0 aliphatic heterocycles. The number of carbonyl (C=O) groups excluding carboxylic acids is 2. The summed E-state index contributed by atoms with van der Waals surface area (Å²) in [4.78, 5) is 41.0. The Labute approximate surface area is 125 Å². The number of hydrogen-bond donors (Lipinski definition) is 2. The highest BCUT2D eigenvalue weighted by atomic mass is 32.1. The van der Waals surface area contributed by atoms with Crippen LogP contribution in [-0.4, -0.2) is 21.4 Å². The highest BCUT2D eigenvalue weighted by molar-refractivity contribution is 7.18. The summed E-state index contributed by atoms with van der Waals surface area (Å²) in [5.41, 5.74) is 4.16. The zero-order valence-corrected chi connectivity index (χ0v) is 12.8. The second-order valence-electron chi connectivity index (χ2n) is 4.56. The fourth-order valence-corrected chi connectivity index (χ4v) is 2.87. The number of aryl methyl sites for hydroxylation is 2. The molecule has 0 atom stereocenters. The number of amides is 2. The number of hydrazine groups is 1. The van der Waals surface area contributed by atoms with Crippen LogP contribution in [0.4, 0.5) is 0 Å². The molecule has 0 spiro atoms. The van der Waals surface area contributed by atoms with Gasteiger partial charge in [0.2, 0.25) is 5.91 Å². The average molecular weight is 308 g/mol. The molecule has 0 aliphatic rings. The van der Waals surface area contributed by atoms with Crippen LogP contribution in [0, 0.1) is 6.92 Å². The lowest BCUT2D eigenvalue weighted by atomic mass is 10.3. The largest absolute Gasteiger partial charge is 0.287 e. The van der Waals surface area contributed by atoms with E-state index in [1.165, 1.54) is 22.8 Å². The molecule has 0 bridgehead atoms. The zero-order valence-electron chi connectivity index (χ0n) is 12.0. The van der Waals surface area contributed by atoms with Crippen molar-refractivity contribution in [2.24, 2.45) is 0 Å². The first-order valence-corrected chi connectivity index (χ1v) is 7.29. The molecule has 8 heteroatoms. The summed E-state index contributed by atoms with van der Waals surface area (Å²) < 4.78 is 1.30. The van der Waals surface area contributed by atoms with Crippen LogP contribution in [0.2, 0.25) is 0 Å². The molecule has 0 unspecified atom stereocenters. The van der Waals surface area contributed by atoms with E-state index in [9.17, 15) is 14.4 Å². The van der Waals surface area contributed by atoms with E-state index in [1.54, 1.807) is 6.92 Å². The van der Waals surface area contributed by atoms with Crippen molar-refractivity contribution >= 4 is 33.4 Å². The molecule has 2 heterocycles. The van der Waals surface area contributed by atoms with Crippen molar-refractivity contribution in [3.8, 4) is 0 Å². The van der Waals surface area contributed by atoms with E-state index >= 15 is 0 Å². The van der Waals surface area contributed by atoms with Gasteiger partial charge in [-0.25, -0.2) is 4.98 Å². The lowest BCUT2D eigenvalue weighted by Gasteiger charge is -2.09. The molecule has 0 fully saturated rings. The van der Waals surface area contributed by atoms with Crippen molar-refractivity contribution in [2.75, 3.05) is 0 Å². The number of nitrogens with one attached hydrogen (secondary N) is 2. The smallest absolute Gasteiger partial charge is 0.262 e. The molecule has 112 valence electrons. The van der Waals surface area contributed by atoms with Gasteiger partial charge in [0.15, 0.2) is 0 Å². The molecule has 2 rings (SSSR count). The number of rotatable bonds is 3. The third kappa shape index (κ3) is 3.27. The van der Waals surface area contributed by atoms with Gasteiger partial charge in [0, 0.05) is 11.8 Å². The maximum atomic E-state index is 12.4. The topological polar surface area (TPSA) is 93.1 Å². The molecule has 0 aliphatic carbocycles. The molecule has 0 saturated carbocycles. The van der Waals surface area contributed by atoms with Gasteiger partial charge >= 0.3 is 0 Å². The summed E-state index contributed by atoms with van der Waals surface area (Å²) in [5.74, 6) is -0.399. The molecule has 21 heavy (non-hydrogen) atoms. The van der Waals surface area contributed by atoms with E-state index in [-0.39, 0.29) is 18.0 Å². The van der Waals surface area contributed by atoms with Gasteiger partial charge in [-0.1, -0.05) is 6.92 Å². The van der Waals surface area contributed by atoms with Crippen molar-refractivity contribution in [3.05, 3.63) is 27.1 Å². The van der Waals surface area contributed by atoms with Gasteiger partial charge < -0.3 is 0 Å². The van der Waals surface area contributed by atoms with Crippen LogP contribution in [0.25, 0.3) is 10.2 Å². The Morgan fingerprint density at radius 3 is 2.71 bits per heavy atom. The predicted octanol–water partition coefficient (Wildman–Crippen LogP) is 0.496. The number of nitrogens with zero attached hydrogens (tertiary/aromatic N) is 2. The van der Waals surface area contributed by atoms with Crippen molar-refractivity contribution in [2.45, 2.75) is 33.7 Å². The number of carbonyl (C=O) groups is 2. The second kappa shape index (κ2) is 6.04. The summed E-state index contributed by atoms with van der Waals surface area (Å²) in [6.07, 6.45) is 0.836. The minimum absolute atomic E-state index is 0.189. The summed E-state index contributed by atoms with van der Waals surface area (Å²) in [6.45, 7) is 4.78. The summed E-state index contributed by atoms with van der Waals surface area (Å²) >= 11 is 1.49. The molecular weight excluding hydrogens is 292 g/mol. The van der Waals surface area contributed by atoms with E-state index in [0.29, 0.717) is 16.0 Å².